The van der Waals surface area contributed by atoms with Crippen molar-refractivity contribution in [3.8, 4) is 0 Å². The van der Waals surface area contributed by atoms with Gasteiger partial charge < -0.3 is 14.5 Å². The Morgan fingerprint density at radius 2 is 1.27 bits per heavy atom. The fourth-order valence-corrected chi connectivity index (χ4v) is 5.18. The molecule has 0 radical (unpaired) electrons. The van der Waals surface area contributed by atoms with Gasteiger partial charge in [-0.3, -0.25) is 9.59 Å². The fourth-order valence-electron chi connectivity index (χ4n) is 5.18. The zero-order chi connectivity index (χ0) is 21.4. The maximum Gasteiger partial charge on any atom is 0.167 e. The zero-order valence-corrected chi connectivity index (χ0v) is 18.5. The SMILES string of the molecule is CN(C)CC1CCC2=C(C1=O)C(c1ccccc1)C1=C(CCC(CN(C)C)C1=O)O2. The molecule has 4 rings (SSSR count). The van der Waals surface area contributed by atoms with Crippen LogP contribution in [0.15, 0.2) is 53.0 Å². The normalized spacial score (nSPS) is 26.8. The minimum absolute atomic E-state index is 0.0491. The molecule has 0 spiro atoms. The van der Waals surface area contributed by atoms with Crippen molar-refractivity contribution in [3.05, 3.63) is 58.6 Å². The van der Waals surface area contributed by atoms with Crippen LogP contribution in [-0.4, -0.2) is 62.6 Å². The van der Waals surface area contributed by atoms with Crippen molar-refractivity contribution in [3.63, 3.8) is 0 Å². The number of hydrogen-bond acceptors (Lipinski definition) is 5. The molecule has 2 aliphatic carbocycles. The summed E-state index contributed by atoms with van der Waals surface area (Å²) in [7, 11) is 8.00. The van der Waals surface area contributed by atoms with Gasteiger partial charge in [0.1, 0.15) is 11.5 Å². The summed E-state index contributed by atoms with van der Waals surface area (Å²) in [4.78, 5) is 31.4. The standard InChI is InChI=1S/C25H32N2O3/c1-26(2)14-17-10-12-19-22(24(17)28)21(16-8-6-5-7-9-16)23-20(30-19)13-11-18(25(23)29)15-27(3)4/h5-9,17-18,21H,10-15H2,1-4H3. The Kier molecular flexibility index (Phi) is 5.94. The first-order valence-corrected chi connectivity index (χ1v) is 10.9. The molecule has 0 fully saturated rings. The molecule has 2 atom stereocenters. The van der Waals surface area contributed by atoms with Gasteiger partial charge in [-0.05, 0) is 46.6 Å². The minimum atomic E-state index is -0.306. The van der Waals surface area contributed by atoms with Crippen LogP contribution in [0, 0.1) is 11.8 Å². The average Bonchev–Trinajstić information content (AvgIpc) is 2.71. The quantitative estimate of drug-likeness (QED) is 0.748. The van der Waals surface area contributed by atoms with Gasteiger partial charge in [-0.2, -0.15) is 0 Å². The van der Waals surface area contributed by atoms with E-state index in [1.54, 1.807) is 0 Å². The van der Waals surface area contributed by atoms with Crippen molar-refractivity contribution >= 4 is 11.6 Å². The summed E-state index contributed by atoms with van der Waals surface area (Å²) >= 11 is 0. The van der Waals surface area contributed by atoms with E-state index in [0.717, 1.165) is 67.0 Å². The van der Waals surface area contributed by atoms with E-state index in [1.165, 1.54) is 0 Å². The lowest BCUT2D eigenvalue weighted by Crippen LogP contribution is -2.40. The van der Waals surface area contributed by atoms with Gasteiger partial charge in [-0.25, -0.2) is 0 Å². The van der Waals surface area contributed by atoms with Crippen LogP contribution >= 0.6 is 0 Å². The first-order chi connectivity index (χ1) is 14.4. The van der Waals surface area contributed by atoms with E-state index >= 15 is 0 Å². The summed E-state index contributed by atoms with van der Waals surface area (Å²) in [6.45, 7) is 1.44. The van der Waals surface area contributed by atoms with Crippen LogP contribution in [0.1, 0.15) is 37.2 Å². The Morgan fingerprint density at radius 3 is 1.70 bits per heavy atom. The zero-order valence-electron chi connectivity index (χ0n) is 18.5. The molecule has 0 N–H and O–H groups in total. The molecule has 0 saturated heterocycles. The highest BCUT2D eigenvalue weighted by molar-refractivity contribution is 6.07. The second kappa shape index (κ2) is 8.48. The number of allylic oxidation sites excluding steroid dienone is 4. The molecule has 5 heteroatoms. The molecule has 5 nitrogen and oxygen atoms in total. The second-order valence-electron chi connectivity index (χ2n) is 9.34. The van der Waals surface area contributed by atoms with Crippen LogP contribution in [0.25, 0.3) is 0 Å². The summed E-state index contributed by atoms with van der Waals surface area (Å²) in [6.07, 6.45) is 3.12. The van der Waals surface area contributed by atoms with Crippen molar-refractivity contribution in [1.29, 1.82) is 0 Å². The topological polar surface area (TPSA) is 49.9 Å². The van der Waals surface area contributed by atoms with Crippen molar-refractivity contribution in [2.45, 2.75) is 31.6 Å². The number of rotatable bonds is 5. The summed E-state index contributed by atoms with van der Waals surface area (Å²) in [5.41, 5.74) is 2.45. The highest BCUT2D eigenvalue weighted by atomic mass is 16.5. The van der Waals surface area contributed by atoms with E-state index in [-0.39, 0.29) is 29.3 Å². The van der Waals surface area contributed by atoms with Gasteiger partial charge in [0.25, 0.3) is 0 Å². The molecular formula is C25H32N2O3. The summed E-state index contributed by atoms with van der Waals surface area (Å²) in [6, 6.07) is 10.0. The molecule has 160 valence electrons. The third-order valence-electron chi connectivity index (χ3n) is 6.44. The molecule has 0 bridgehead atoms. The van der Waals surface area contributed by atoms with Crippen molar-refractivity contribution in [2.24, 2.45) is 11.8 Å². The summed E-state index contributed by atoms with van der Waals surface area (Å²) in [5, 5.41) is 0. The van der Waals surface area contributed by atoms with Crippen LogP contribution in [0.3, 0.4) is 0 Å². The number of Topliss-reactive ketones (excluding diaryl/α,β-unsaturated/α-hetero) is 2. The first-order valence-electron chi connectivity index (χ1n) is 10.9. The van der Waals surface area contributed by atoms with Crippen LogP contribution in [0.5, 0.6) is 0 Å². The molecule has 0 amide bonds. The number of benzene rings is 1. The van der Waals surface area contributed by atoms with Gasteiger partial charge >= 0.3 is 0 Å². The van der Waals surface area contributed by atoms with Gasteiger partial charge in [0.15, 0.2) is 11.6 Å². The Hall–Kier alpha value is -2.24. The minimum Gasteiger partial charge on any atom is -0.465 e. The summed E-state index contributed by atoms with van der Waals surface area (Å²) in [5.74, 6) is 1.47. The van der Waals surface area contributed by atoms with Gasteiger partial charge in [0, 0.05) is 54.8 Å². The van der Waals surface area contributed by atoms with E-state index in [9.17, 15) is 9.59 Å². The smallest absolute Gasteiger partial charge is 0.167 e. The molecule has 1 aromatic rings. The average molecular weight is 409 g/mol. The molecule has 0 saturated carbocycles. The van der Waals surface area contributed by atoms with E-state index in [0.29, 0.717) is 0 Å². The predicted octanol–water partition coefficient (Wildman–Crippen LogP) is 3.39. The van der Waals surface area contributed by atoms with Crippen LogP contribution in [0.2, 0.25) is 0 Å². The number of carbonyl (C=O) groups is 2. The van der Waals surface area contributed by atoms with Crippen LogP contribution in [0.4, 0.5) is 0 Å². The Bertz CT molecular complexity index is 844. The van der Waals surface area contributed by atoms with Gasteiger partial charge in [-0.15, -0.1) is 0 Å². The van der Waals surface area contributed by atoms with E-state index in [4.69, 9.17) is 4.74 Å². The number of nitrogens with zero attached hydrogens (tertiary/aromatic N) is 2. The Balaban J connectivity index is 1.78. The lowest BCUT2D eigenvalue weighted by atomic mass is 9.69. The van der Waals surface area contributed by atoms with Gasteiger partial charge in [0.2, 0.25) is 0 Å². The summed E-state index contributed by atoms with van der Waals surface area (Å²) < 4.78 is 6.28. The highest BCUT2D eigenvalue weighted by Crippen LogP contribution is 2.49. The second-order valence-corrected chi connectivity index (χ2v) is 9.34. The monoisotopic (exact) mass is 408 g/mol. The Morgan fingerprint density at radius 1 is 0.800 bits per heavy atom. The number of ether oxygens (including phenoxy) is 1. The van der Waals surface area contributed by atoms with E-state index < -0.39 is 0 Å². The van der Waals surface area contributed by atoms with Crippen molar-refractivity contribution in [2.75, 3.05) is 41.3 Å². The third kappa shape index (κ3) is 3.88. The maximum atomic E-state index is 13.6. The van der Waals surface area contributed by atoms with Crippen LogP contribution < -0.4 is 0 Å². The maximum absolute atomic E-state index is 13.6. The number of carbonyl (C=O) groups excluding carboxylic acids is 2. The number of hydrogen-bond donors (Lipinski definition) is 0. The van der Waals surface area contributed by atoms with E-state index in [2.05, 4.69) is 9.80 Å². The van der Waals surface area contributed by atoms with Crippen molar-refractivity contribution in [1.82, 2.24) is 9.80 Å². The van der Waals surface area contributed by atoms with Gasteiger partial charge in [-0.1, -0.05) is 30.3 Å². The third-order valence-corrected chi connectivity index (χ3v) is 6.44. The molecule has 30 heavy (non-hydrogen) atoms. The van der Waals surface area contributed by atoms with Gasteiger partial charge in [0.05, 0.1) is 0 Å². The number of ketones is 2. The lowest BCUT2D eigenvalue weighted by molar-refractivity contribution is -0.122. The van der Waals surface area contributed by atoms with Crippen molar-refractivity contribution < 1.29 is 14.3 Å². The molecular weight excluding hydrogens is 376 g/mol. The molecule has 1 heterocycles. The lowest BCUT2D eigenvalue weighted by Gasteiger charge is -2.40. The largest absolute Gasteiger partial charge is 0.465 e. The Labute approximate surface area is 179 Å². The fraction of sp³-hybridized carbons (Fsp3) is 0.520. The van der Waals surface area contributed by atoms with E-state index in [1.807, 2.05) is 58.5 Å². The molecule has 2 unspecified atom stereocenters. The van der Waals surface area contributed by atoms with Crippen LogP contribution in [-0.2, 0) is 14.3 Å². The molecule has 1 aliphatic heterocycles. The predicted molar refractivity (Wildman–Crippen MR) is 117 cm³/mol. The molecule has 1 aromatic carbocycles. The molecule has 3 aliphatic rings. The molecule has 0 aromatic heterocycles. The highest BCUT2D eigenvalue weighted by Gasteiger charge is 2.46. The first kappa shape index (κ1) is 21.0.